The minimum atomic E-state index is -0.279. The Morgan fingerprint density at radius 2 is 1.96 bits per heavy atom. The predicted molar refractivity (Wildman–Crippen MR) is 103 cm³/mol. The Hall–Kier alpha value is -0.560. The van der Waals surface area contributed by atoms with Crippen LogP contribution in [0.5, 0.6) is 0 Å². The second kappa shape index (κ2) is 7.22. The van der Waals surface area contributed by atoms with Crippen LogP contribution in [0.25, 0.3) is 0 Å². The average molecular weight is 347 g/mol. The molecule has 0 aromatic carbocycles. The molecule has 0 unspecified atom stereocenters. The Morgan fingerprint density at radius 3 is 2.64 bits per heavy atom. The quantitative estimate of drug-likeness (QED) is 0.667. The van der Waals surface area contributed by atoms with E-state index in [0.29, 0.717) is 22.9 Å². The van der Waals surface area contributed by atoms with E-state index in [4.69, 9.17) is 4.74 Å². The first-order valence-corrected chi connectivity index (χ1v) is 10.5. The fourth-order valence-electron chi connectivity index (χ4n) is 6.87. The molecule has 0 aliphatic heterocycles. The van der Waals surface area contributed by atoms with Gasteiger partial charge in [0.15, 0.2) is 0 Å². The molecule has 3 aliphatic carbocycles. The van der Waals surface area contributed by atoms with Crippen LogP contribution in [0.4, 0.5) is 0 Å². The van der Waals surface area contributed by atoms with Crippen molar-refractivity contribution in [2.45, 2.75) is 104 Å². The molecular formula is C23H38O2. The first kappa shape index (κ1) is 19.2. The molecule has 0 aromatic heterocycles. The van der Waals surface area contributed by atoms with Crippen molar-refractivity contribution in [3.05, 3.63) is 17.9 Å². The molecule has 0 saturated heterocycles. The summed E-state index contributed by atoms with van der Waals surface area (Å²) in [5.74, 6) is 1.41. The van der Waals surface area contributed by atoms with Crippen molar-refractivity contribution in [1.82, 2.24) is 0 Å². The normalized spacial score (nSPS) is 43.6. The van der Waals surface area contributed by atoms with E-state index in [1.807, 2.05) is 6.92 Å². The van der Waals surface area contributed by atoms with Crippen molar-refractivity contribution in [3.8, 4) is 0 Å². The van der Waals surface area contributed by atoms with Crippen LogP contribution in [0.1, 0.15) is 85.5 Å². The van der Waals surface area contributed by atoms with Crippen LogP contribution in [0.15, 0.2) is 17.9 Å². The number of aliphatic hydroxyl groups is 1. The van der Waals surface area contributed by atoms with Gasteiger partial charge in [0.1, 0.15) is 0 Å². The molecule has 0 spiro atoms. The molecular weight excluding hydrogens is 308 g/mol. The maximum absolute atomic E-state index is 9.68. The van der Waals surface area contributed by atoms with Gasteiger partial charge in [-0.3, -0.25) is 0 Å². The van der Waals surface area contributed by atoms with Gasteiger partial charge < -0.3 is 9.84 Å². The van der Waals surface area contributed by atoms with E-state index in [9.17, 15) is 5.11 Å². The van der Waals surface area contributed by atoms with E-state index in [0.717, 1.165) is 12.3 Å². The highest BCUT2D eigenvalue weighted by Crippen LogP contribution is 2.65. The zero-order valence-corrected chi connectivity index (χ0v) is 16.8. The number of fused-ring (bicyclic) bond motifs is 3. The average Bonchev–Trinajstić information content (AvgIpc) is 2.53. The number of ether oxygens (including phenoxy) is 1. The van der Waals surface area contributed by atoms with E-state index in [1.54, 1.807) is 0 Å². The first-order chi connectivity index (χ1) is 11.8. The van der Waals surface area contributed by atoms with Gasteiger partial charge in [0.05, 0.1) is 18.3 Å². The lowest BCUT2D eigenvalue weighted by molar-refractivity contribution is -0.161. The number of hydrogen-bond donors (Lipinski definition) is 1. The SMILES string of the molecule is C=C=C1CCC[C@@H]2[C@@]3(C)CCC[C@H](O[C@@H](C)C[C@H](C)O)[C@@H]3CC[C@@]12C. The Balaban J connectivity index is 1.82. The molecule has 0 amide bonds. The van der Waals surface area contributed by atoms with Crippen molar-refractivity contribution >= 4 is 0 Å². The topological polar surface area (TPSA) is 29.5 Å². The number of rotatable bonds is 4. The standard InChI is InChI=1S/C23H38O2/c1-6-18-9-7-11-21-22(18,4)14-12-19-20(10-8-13-23(19,21)5)25-17(3)15-16(2)24/h16-17,19-21,24H,1,7-15H2,2-5H3/t16-,17-,19-,20-,21-,22-,23-/m0/s1. The van der Waals surface area contributed by atoms with E-state index in [1.165, 1.54) is 56.9 Å². The summed E-state index contributed by atoms with van der Waals surface area (Å²) in [5.41, 5.74) is 5.51. The molecule has 142 valence electrons. The maximum atomic E-state index is 9.68. The summed E-state index contributed by atoms with van der Waals surface area (Å²) < 4.78 is 6.51. The summed E-state index contributed by atoms with van der Waals surface area (Å²) >= 11 is 0. The number of allylic oxidation sites excluding steroid dienone is 1. The highest BCUT2D eigenvalue weighted by Gasteiger charge is 2.58. The maximum Gasteiger partial charge on any atom is 0.0612 e. The minimum Gasteiger partial charge on any atom is -0.393 e. The van der Waals surface area contributed by atoms with Gasteiger partial charge in [0, 0.05) is 0 Å². The Kier molecular flexibility index (Phi) is 5.55. The van der Waals surface area contributed by atoms with E-state index < -0.39 is 0 Å². The van der Waals surface area contributed by atoms with Gasteiger partial charge in [-0.2, -0.15) is 0 Å². The van der Waals surface area contributed by atoms with Gasteiger partial charge in [0.2, 0.25) is 0 Å². The lowest BCUT2D eigenvalue weighted by Gasteiger charge is -2.62. The molecule has 25 heavy (non-hydrogen) atoms. The summed E-state index contributed by atoms with van der Waals surface area (Å²) in [4.78, 5) is 0. The summed E-state index contributed by atoms with van der Waals surface area (Å²) in [6.07, 6.45) is 11.2. The largest absolute Gasteiger partial charge is 0.393 e. The lowest BCUT2D eigenvalue weighted by Crippen LogP contribution is -2.56. The summed E-state index contributed by atoms with van der Waals surface area (Å²) in [6, 6.07) is 0. The second-order valence-corrected chi connectivity index (χ2v) is 9.63. The molecule has 2 nitrogen and oxygen atoms in total. The van der Waals surface area contributed by atoms with Gasteiger partial charge in [-0.25, -0.2) is 0 Å². The lowest BCUT2D eigenvalue weighted by atomic mass is 9.44. The smallest absolute Gasteiger partial charge is 0.0612 e. The molecule has 0 aromatic rings. The highest BCUT2D eigenvalue weighted by atomic mass is 16.5. The van der Waals surface area contributed by atoms with Gasteiger partial charge in [-0.05, 0) is 93.5 Å². The fourth-order valence-corrected chi connectivity index (χ4v) is 6.87. The predicted octanol–water partition coefficient (Wildman–Crippen LogP) is 5.65. The van der Waals surface area contributed by atoms with Crippen LogP contribution >= 0.6 is 0 Å². The van der Waals surface area contributed by atoms with Crippen LogP contribution in [-0.2, 0) is 4.74 Å². The summed E-state index contributed by atoms with van der Waals surface area (Å²) in [5, 5.41) is 9.68. The zero-order chi connectivity index (χ0) is 18.2. The molecule has 0 bridgehead atoms. The monoisotopic (exact) mass is 346 g/mol. The number of hydrogen-bond acceptors (Lipinski definition) is 2. The zero-order valence-electron chi connectivity index (χ0n) is 16.8. The minimum absolute atomic E-state index is 0.149. The van der Waals surface area contributed by atoms with Crippen molar-refractivity contribution in [1.29, 1.82) is 0 Å². The third-order valence-electron chi connectivity index (χ3n) is 7.94. The fraction of sp³-hybridized carbons (Fsp3) is 0.870. The first-order valence-electron chi connectivity index (χ1n) is 10.5. The molecule has 3 fully saturated rings. The van der Waals surface area contributed by atoms with Gasteiger partial charge >= 0.3 is 0 Å². The molecule has 3 saturated carbocycles. The summed E-state index contributed by atoms with van der Waals surface area (Å²) in [6.45, 7) is 13.1. The Labute approximate surface area is 154 Å². The van der Waals surface area contributed by atoms with Crippen molar-refractivity contribution < 1.29 is 9.84 Å². The Bertz CT molecular complexity index is 532. The van der Waals surface area contributed by atoms with Gasteiger partial charge in [-0.1, -0.05) is 26.8 Å². The molecule has 0 radical (unpaired) electrons. The van der Waals surface area contributed by atoms with Crippen LogP contribution < -0.4 is 0 Å². The molecule has 1 N–H and O–H groups in total. The molecule has 7 atom stereocenters. The molecule has 2 heteroatoms. The third kappa shape index (κ3) is 3.38. The second-order valence-electron chi connectivity index (χ2n) is 9.63. The van der Waals surface area contributed by atoms with Crippen LogP contribution in [0.3, 0.4) is 0 Å². The summed E-state index contributed by atoms with van der Waals surface area (Å²) in [7, 11) is 0. The molecule has 3 aliphatic rings. The van der Waals surface area contributed by atoms with Crippen LogP contribution in [0, 0.1) is 22.7 Å². The number of aliphatic hydroxyl groups excluding tert-OH is 1. The van der Waals surface area contributed by atoms with Crippen molar-refractivity contribution in [2.24, 2.45) is 22.7 Å². The van der Waals surface area contributed by atoms with Crippen molar-refractivity contribution in [3.63, 3.8) is 0 Å². The van der Waals surface area contributed by atoms with Crippen LogP contribution in [0.2, 0.25) is 0 Å². The highest BCUT2D eigenvalue weighted by molar-refractivity contribution is 5.22. The van der Waals surface area contributed by atoms with Gasteiger partial charge in [-0.15, -0.1) is 5.73 Å². The molecule has 0 heterocycles. The Morgan fingerprint density at radius 1 is 1.20 bits per heavy atom. The van der Waals surface area contributed by atoms with Gasteiger partial charge in [0.25, 0.3) is 0 Å². The van der Waals surface area contributed by atoms with E-state index >= 15 is 0 Å². The third-order valence-corrected chi connectivity index (χ3v) is 7.94. The van der Waals surface area contributed by atoms with Crippen molar-refractivity contribution in [2.75, 3.05) is 0 Å². The van der Waals surface area contributed by atoms with E-state index in [-0.39, 0.29) is 12.2 Å². The van der Waals surface area contributed by atoms with E-state index in [2.05, 4.69) is 33.1 Å². The van der Waals surface area contributed by atoms with Crippen LogP contribution in [-0.4, -0.2) is 23.4 Å². The molecule has 3 rings (SSSR count).